The second-order valence-electron chi connectivity index (χ2n) is 7.23. The fourth-order valence-electron chi connectivity index (χ4n) is 3.49. The maximum atomic E-state index is 13.3. The van der Waals surface area contributed by atoms with Crippen molar-refractivity contribution in [2.75, 3.05) is 25.5 Å². The highest BCUT2D eigenvalue weighted by Crippen LogP contribution is 2.37. The van der Waals surface area contributed by atoms with Gasteiger partial charge in [0.25, 0.3) is 0 Å². The van der Waals surface area contributed by atoms with Crippen molar-refractivity contribution in [3.05, 3.63) is 53.2 Å². The number of hydrogen-bond acceptors (Lipinski definition) is 4. The first kappa shape index (κ1) is 18.9. The van der Waals surface area contributed by atoms with Crippen molar-refractivity contribution >= 4 is 15.8 Å². The summed E-state index contributed by atoms with van der Waals surface area (Å²) in [7, 11) is 0.385. The third-order valence-corrected chi connectivity index (χ3v) is 6.96. The third kappa shape index (κ3) is 3.62. The first-order valence-corrected chi connectivity index (χ1v) is 10.5. The molecule has 2 aromatic rings. The summed E-state index contributed by atoms with van der Waals surface area (Å²) in [5.41, 5.74) is 3.14. The van der Waals surface area contributed by atoms with Crippen molar-refractivity contribution in [2.45, 2.75) is 44.0 Å². The van der Waals surface area contributed by atoms with E-state index in [9.17, 15) is 8.42 Å². The van der Waals surface area contributed by atoms with E-state index in [4.69, 9.17) is 0 Å². The molecule has 26 heavy (non-hydrogen) atoms. The Morgan fingerprint density at radius 1 is 1.12 bits per heavy atom. The van der Waals surface area contributed by atoms with E-state index < -0.39 is 10.0 Å². The Bertz CT molecular complexity index is 876. The number of hydrogen-bond donors (Lipinski definition) is 0. The summed E-state index contributed by atoms with van der Waals surface area (Å²) in [6.45, 7) is 4.55. The molecule has 3 rings (SSSR count). The van der Waals surface area contributed by atoms with Gasteiger partial charge in [-0.1, -0.05) is 24.1 Å². The monoisotopic (exact) mass is 373 g/mol. The van der Waals surface area contributed by atoms with Crippen molar-refractivity contribution in [2.24, 2.45) is 0 Å². The van der Waals surface area contributed by atoms with E-state index in [1.807, 2.05) is 57.2 Å². The van der Waals surface area contributed by atoms with Gasteiger partial charge in [-0.3, -0.25) is 0 Å². The normalized spacial score (nSPS) is 18.7. The predicted molar refractivity (Wildman–Crippen MR) is 105 cm³/mol. The summed E-state index contributed by atoms with van der Waals surface area (Å²) in [6.07, 6.45) is 4.59. The lowest BCUT2D eigenvalue weighted by Gasteiger charge is -2.35. The topological polar surface area (TPSA) is 53.5 Å². The Hall–Kier alpha value is -1.92. The van der Waals surface area contributed by atoms with Crippen LogP contribution in [0.1, 0.15) is 42.0 Å². The van der Waals surface area contributed by atoms with Crippen molar-refractivity contribution in [3.8, 4) is 0 Å². The van der Waals surface area contributed by atoms with Gasteiger partial charge in [-0.15, -0.1) is 0 Å². The number of rotatable bonds is 4. The largest absolute Gasteiger partial charge is 0.363 e. The maximum absolute atomic E-state index is 13.3. The summed E-state index contributed by atoms with van der Waals surface area (Å²) >= 11 is 0. The van der Waals surface area contributed by atoms with Gasteiger partial charge in [0.1, 0.15) is 5.82 Å². The first-order chi connectivity index (χ1) is 12.3. The lowest BCUT2D eigenvalue weighted by atomic mass is 9.95. The minimum atomic E-state index is -3.52. The van der Waals surface area contributed by atoms with Crippen LogP contribution in [0.5, 0.6) is 0 Å². The van der Waals surface area contributed by atoms with Gasteiger partial charge in [-0.2, -0.15) is 4.31 Å². The number of nitrogens with zero attached hydrogens (tertiary/aromatic N) is 3. The zero-order chi connectivity index (χ0) is 18.9. The van der Waals surface area contributed by atoms with Gasteiger partial charge in [-0.25, -0.2) is 13.4 Å². The molecule has 5 nitrogen and oxygen atoms in total. The minimum Gasteiger partial charge on any atom is -0.363 e. The molecule has 1 aliphatic rings. The van der Waals surface area contributed by atoms with E-state index in [1.54, 1.807) is 16.4 Å². The highest BCUT2D eigenvalue weighted by molar-refractivity contribution is 7.89. The highest BCUT2D eigenvalue weighted by atomic mass is 32.2. The van der Waals surface area contributed by atoms with E-state index in [0.717, 1.165) is 41.8 Å². The molecule has 2 heterocycles. The lowest BCUT2D eigenvalue weighted by molar-refractivity contribution is 0.255. The number of aryl methyl sites for hydroxylation is 2. The number of sulfonamides is 1. The average molecular weight is 374 g/mol. The third-order valence-electron chi connectivity index (χ3n) is 5.04. The quantitative estimate of drug-likeness (QED) is 0.820. The van der Waals surface area contributed by atoms with Crippen LogP contribution in [0.25, 0.3) is 0 Å². The zero-order valence-corrected chi connectivity index (χ0v) is 16.8. The fourth-order valence-corrected chi connectivity index (χ4v) is 5.17. The Kier molecular flexibility index (Phi) is 5.34. The molecule has 0 N–H and O–H groups in total. The summed E-state index contributed by atoms with van der Waals surface area (Å²) in [5, 5.41) is 0. The smallest absolute Gasteiger partial charge is 0.243 e. The molecular formula is C20H27N3O2S. The van der Waals surface area contributed by atoms with Gasteiger partial charge in [0, 0.05) is 26.8 Å². The first-order valence-electron chi connectivity index (χ1n) is 9.03. The van der Waals surface area contributed by atoms with Crippen LogP contribution in [0.4, 0.5) is 5.82 Å². The van der Waals surface area contributed by atoms with Crippen molar-refractivity contribution in [1.82, 2.24) is 9.29 Å². The SMILES string of the molecule is Cc1ccc(S(=O)(=O)N2CCCC[C@H]2c2cnc(N(C)C)cc2C)cc1. The second kappa shape index (κ2) is 7.37. The molecule has 0 bridgehead atoms. The molecule has 0 spiro atoms. The molecule has 0 radical (unpaired) electrons. The van der Waals surface area contributed by atoms with Gasteiger partial charge in [-0.05, 0) is 56.0 Å². The predicted octanol–water partition coefficient (Wildman–Crippen LogP) is 3.68. The number of piperidine rings is 1. The van der Waals surface area contributed by atoms with E-state index in [2.05, 4.69) is 4.98 Å². The highest BCUT2D eigenvalue weighted by Gasteiger charge is 2.35. The second-order valence-corrected chi connectivity index (χ2v) is 9.12. The Morgan fingerprint density at radius 3 is 2.42 bits per heavy atom. The average Bonchev–Trinajstić information content (AvgIpc) is 2.62. The van der Waals surface area contributed by atoms with Crippen LogP contribution in [0.15, 0.2) is 41.4 Å². The molecule has 0 aliphatic carbocycles. The molecule has 1 aromatic carbocycles. The van der Waals surface area contributed by atoms with E-state index in [-0.39, 0.29) is 6.04 Å². The number of anilines is 1. The molecule has 1 aromatic heterocycles. The minimum absolute atomic E-state index is 0.154. The molecule has 0 unspecified atom stereocenters. The molecule has 1 aliphatic heterocycles. The maximum Gasteiger partial charge on any atom is 0.243 e. The fraction of sp³-hybridized carbons (Fsp3) is 0.450. The Labute approximate surface area is 156 Å². The van der Waals surface area contributed by atoms with Crippen LogP contribution in [-0.2, 0) is 10.0 Å². The van der Waals surface area contributed by atoms with Crippen LogP contribution in [0, 0.1) is 13.8 Å². The van der Waals surface area contributed by atoms with Crippen molar-refractivity contribution in [1.29, 1.82) is 0 Å². The van der Waals surface area contributed by atoms with Crippen LogP contribution >= 0.6 is 0 Å². The summed E-state index contributed by atoms with van der Waals surface area (Å²) < 4.78 is 28.2. The van der Waals surface area contributed by atoms with E-state index >= 15 is 0 Å². The number of benzene rings is 1. The molecular weight excluding hydrogens is 346 g/mol. The van der Waals surface area contributed by atoms with Crippen LogP contribution in [-0.4, -0.2) is 38.3 Å². The van der Waals surface area contributed by atoms with Crippen molar-refractivity contribution in [3.63, 3.8) is 0 Å². The van der Waals surface area contributed by atoms with Crippen LogP contribution in [0.3, 0.4) is 0 Å². The molecule has 1 saturated heterocycles. The van der Waals surface area contributed by atoms with Crippen LogP contribution < -0.4 is 4.90 Å². The zero-order valence-electron chi connectivity index (χ0n) is 15.9. The lowest BCUT2D eigenvalue weighted by Crippen LogP contribution is -2.38. The van der Waals surface area contributed by atoms with Gasteiger partial charge in [0.05, 0.1) is 10.9 Å². The van der Waals surface area contributed by atoms with Gasteiger partial charge < -0.3 is 4.90 Å². The molecule has 1 atom stereocenters. The van der Waals surface area contributed by atoms with Gasteiger partial charge in [0.2, 0.25) is 10.0 Å². The van der Waals surface area contributed by atoms with Gasteiger partial charge in [0.15, 0.2) is 0 Å². The molecule has 140 valence electrons. The molecule has 0 amide bonds. The summed E-state index contributed by atoms with van der Waals surface area (Å²) in [5.74, 6) is 0.884. The van der Waals surface area contributed by atoms with E-state index in [0.29, 0.717) is 11.4 Å². The molecule has 6 heteroatoms. The van der Waals surface area contributed by atoms with Gasteiger partial charge >= 0.3 is 0 Å². The molecule has 0 saturated carbocycles. The number of pyridine rings is 1. The number of aromatic nitrogens is 1. The van der Waals surface area contributed by atoms with Crippen molar-refractivity contribution < 1.29 is 8.42 Å². The summed E-state index contributed by atoms with van der Waals surface area (Å²) in [6, 6.07) is 8.99. The molecule has 1 fully saturated rings. The Morgan fingerprint density at radius 2 is 1.81 bits per heavy atom. The summed E-state index contributed by atoms with van der Waals surface area (Å²) in [4.78, 5) is 6.84. The van der Waals surface area contributed by atoms with E-state index in [1.165, 1.54) is 0 Å². The Balaban J connectivity index is 1.99. The van der Waals surface area contributed by atoms with Crippen LogP contribution in [0.2, 0.25) is 0 Å². The standard InChI is InChI=1S/C20H27N3O2S/c1-15-8-10-17(11-9-15)26(24,25)23-12-6-5-7-19(23)18-14-21-20(22(3)4)13-16(18)2/h8-11,13-14,19H,5-7,12H2,1-4H3/t19-/m0/s1.